The zero-order chi connectivity index (χ0) is 22.1. The van der Waals surface area contributed by atoms with Crippen molar-refractivity contribution in [1.82, 2.24) is 10.2 Å². The lowest BCUT2D eigenvalue weighted by molar-refractivity contribution is -0.131. The second kappa shape index (κ2) is 9.68. The SMILES string of the molecule is C[C@H]1CC[C@H](NC(=O)[C@@H]2CC[C@H]2CN2CCCN(c3csc4cc(F)ccc34)CC2)CC1. The van der Waals surface area contributed by atoms with Crippen molar-refractivity contribution >= 4 is 33.0 Å². The fraction of sp³-hybridized carbons (Fsp3) is 0.654. The predicted octanol–water partition coefficient (Wildman–Crippen LogP) is 5.27. The second-order valence-corrected chi connectivity index (χ2v) is 11.2. The highest BCUT2D eigenvalue weighted by atomic mass is 32.1. The highest BCUT2D eigenvalue weighted by Gasteiger charge is 2.38. The molecule has 1 N–H and O–H groups in total. The number of fused-ring (bicyclic) bond motifs is 1. The number of benzene rings is 1. The lowest BCUT2D eigenvalue weighted by atomic mass is 9.72. The van der Waals surface area contributed by atoms with Gasteiger partial charge in [0.25, 0.3) is 0 Å². The molecule has 1 saturated heterocycles. The maximum absolute atomic E-state index is 13.6. The van der Waals surface area contributed by atoms with Crippen molar-refractivity contribution in [3.63, 3.8) is 0 Å². The number of rotatable bonds is 5. The van der Waals surface area contributed by atoms with Crippen molar-refractivity contribution in [3.05, 3.63) is 29.4 Å². The molecule has 32 heavy (non-hydrogen) atoms. The third-order valence-corrected chi connectivity index (χ3v) is 8.99. The molecular weight excluding hydrogens is 421 g/mol. The fourth-order valence-corrected chi connectivity index (χ4v) is 6.80. The minimum absolute atomic E-state index is 0.162. The van der Waals surface area contributed by atoms with Crippen LogP contribution in [0.4, 0.5) is 10.1 Å². The van der Waals surface area contributed by atoms with E-state index in [1.807, 2.05) is 6.07 Å². The summed E-state index contributed by atoms with van der Waals surface area (Å²) in [4.78, 5) is 17.9. The number of nitrogens with one attached hydrogen (secondary N) is 1. The van der Waals surface area contributed by atoms with Gasteiger partial charge in [-0.2, -0.15) is 0 Å². The van der Waals surface area contributed by atoms with Gasteiger partial charge in [0.1, 0.15) is 5.82 Å². The largest absolute Gasteiger partial charge is 0.369 e. The Morgan fingerprint density at radius 2 is 1.94 bits per heavy atom. The van der Waals surface area contributed by atoms with Crippen molar-refractivity contribution in [3.8, 4) is 0 Å². The molecule has 6 heteroatoms. The number of thiophene rings is 1. The first-order valence-electron chi connectivity index (χ1n) is 12.5. The van der Waals surface area contributed by atoms with E-state index in [2.05, 4.69) is 27.4 Å². The summed E-state index contributed by atoms with van der Waals surface area (Å²) in [6.45, 7) is 7.52. The Hall–Kier alpha value is -1.66. The molecule has 1 aliphatic heterocycles. The number of carbonyl (C=O) groups excluding carboxylic acids is 1. The lowest BCUT2D eigenvalue weighted by Crippen LogP contribution is -2.49. The highest BCUT2D eigenvalue weighted by molar-refractivity contribution is 7.17. The standard InChI is InChI=1S/C26H36FN3OS/c1-18-3-7-21(8-4-18)28-26(31)22-9-5-19(22)16-29-11-2-12-30(14-13-29)24-17-32-25-15-20(27)6-10-23(24)25/h6,10,15,17-19,21-22H,2-5,7-9,11-14,16H2,1H3,(H,28,31)/t18-,19-,21-,22+/m0/s1. The molecule has 0 unspecified atom stereocenters. The van der Waals surface area contributed by atoms with E-state index < -0.39 is 0 Å². The topological polar surface area (TPSA) is 35.6 Å². The van der Waals surface area contributed by atoms with E-state index in [0.29, 0.717) is 17.9 Å². The van der Waals surface area contributed by atoms with Gasteiger partial charge in [-0.1, -0.05) is 6.92 Å². The number of carbonyl (C=O) groups is 1. The average Bonchev–Trinajstić information content (AvgIpc) is 3.02. The molecule has 0 radical (unpaired) electrons. The Kier molecular flexibility index (Phi) is 6.70. The molecule has 2 saturated carbocycles. The van der Waals surface area contributed by atoms with Gasteiger partial charge in [0, 0.05) is 53.6 Å². The normalized spacial score (nSPS) is 29.5. The fourth-order valence-electron chi connectivity index (χ4n) is 5.80. The van der Waals surface area contributed by atoms with E-state index in [4.69, 9.17) is 0 Å². The Bertz CT molecular complexity index is 938. The molecule has 174 valence electrons. The van der Waals surface area contributed by atoms with Crippen LogP contribution >= 0.6 is 11.3 Å². The molecular formula is C26H36FN3OS. The Morgan fingerprint density at radius 1 is 1.09 bits per heavy atom. The van der Waals surface area contributed by atoms with Crippen molar-refractivity contribution in [1.29, 1.82) is 0 Å². The zero-order valence-electron chi connectivity index (χ0n) is 19.2. The van der Waals surface area contributed by atoms with E-state index >= 15 is 0 Å². The number of anilines is 1. The summed E-state index contributed by atoms with van der Waals surface area (Å²) in [5, 5.41) is 6.72. The molecule has 5 rings (SSSR count). The van der Waals surface area contributed by atoms with E-state index in [0.717, 1.165) is 74.4 Å². The van der Waals surface area contributed by atoms with Gasteiger partial charge in [-0.05, 0) is 81.5 Å². The van der Waals surface area contributed by atoms with Gasteiger partial charge in [-0.15, -0.1) is 11.3 Å². The molecule has 3 fully saturated rings. The minimum atomic E-state index is -0.162. The first-order valence-corrected chi connectivity index (χ1v) is 13.4. The first-order chi connectivity index (χ1) is 15.6. The van der Waals surface area contributed by atoms with Crippen molar-refractivity contribution in [2.45, 2.75) is 57.9 Å². The summed E-state index contributed by atoms with van der Waals surface area (Å²) in [7, 11) is 0. The smallest absolute Gasteiger partial charge is 0.223 e. The summed E-state index contributed by atoms with van der Waals surface area (Å²) in [5.41, 5.74) is 1.24. The third kappa shape index (κ3) is 4.81. The summed E-state index contributed by atoms with van der Waals surface area (Å²) < 4.78 is 14.6. The van der Waals surface area contributed by atoms with Gasteiger partial charge in [0.15, 0.2) is 0 Å². The number of nitrogens with zero attached hydrogens (tertiary/aromatic N) is 2. The second-order valence-electron chi connectivity index (χ2n) is 10.3. The van der Waals surface area contributed by atoms with Crippen LogP contribution in [-0.2, 0) is 4.79 Å². The minimum Gasteiger partial charge on any atom is -0.369 e. The average molecular weight is 458 g/mol. The van der Waals surface area contributed by atoms with Crippen molar-refractivity contribution < 1.29 is 9.18 Å². The molecule has 3 aliphatic rings. The number of halogens is 1. The molecule has 2 aliphatic carbocycles. The quantitative estimate of drug-likeness (QED) is 0.664. The summed E-state index contributed by atoms with van der Waals surface area (Å²) in [6, 6.07) is 5.53. The number of hydrogen-bond acceptors (Lipinski definition) is 4. The molecule has 0 spiro atoms. The van der Waals surface area contributed by atoms with Crippen LogP contribution in [0.15, 0.2) is 23.6 Å². The molecule has 1 amide bonds. The Balaban J connectivity index is 1.13. The Morgan fingerprint density at radius 3 is 2.72 bits per heavy atom. The van der Waals surface area contributed by atoms with E-state index in [-0.39, 0.29) is 11.7 Å². The van der Waals surface area contributed by atoms with Gasteiger partial charge in [0.05, 0.1) is 5.69 Å². The van der Waals surface area contributed by atoms with Gasteiger partial charge in [0.2, 0.25) is 5.91 Å². The molecule has 2 heterocycles. The Labute approximate surface area is 195 Å². The van der Waals surface area contributed by atoms with Crippen LogP contribution in [0.5, 0.6) is 0 Å². The third-order valence-electron chi connectivity index (χ3n) is 8.06. The monoisotopic (exact) mass is 457 g/mol. The summed E-state index contributed by atoms with van der Waals surface area (Å²) in [6.07, 6.45) is 8.15. The maximum Gasteiger partial charge on any atom is 0.223 e. The van der Waals surface area contributed by atoms with Gasteiger partial charge in [-0.25, -0.2) is 4.39 Å². The van der Waals surface area contributed by atoms with Crippen molar-refractivity contribution in [2.75, 3.05) is 37.6 Å². The van der Waals surface area contributed by atoms with Crippen LogP contribution in [0, 0.1) is 23.6 Å². The van der Waals surface area contributed by atoms with Crippen LogP contribution in [0.3, 0.4) is 0 Å². The molecule has 1 aromatic carbocycles. The van der Waals surface area contributed by atoms with Crippen LogP contribution < -0.4 is 10.2 Å². The van der Waals surface area contributed by atoms with Gasteiger partial charge < -0.3 is 15.1 Å². The van der Waals surface area contributed by atoms with E-state index in [1.54, 1.807) is 23.5 Å². The molecule has 2 atom stereocenters. The number of amides is 1. The molecule has 0 bridgehead atoms. The van der Waals surface area contributed by atoms with Crippen LogP contribution in [0.1, 0.15) is 51.9 Å². The van der Waals surface area contributed by atoms with Crippen molar-refractivity contribution in [2.24, 2.45) is 17.8 Å². The first kappa shape index (κ1) is 22.1. The molecule has 1 aromatic heterocycles. The predicted molar refractivity (Wildman–Crippen MR) is 131 cm³/mol. The van der Waals surface area contributed by atoms with Gasteiger partial charge >= 0.3 is 0 Å². The zero-order valence-corrected chi connectivity index (χ0v) is 20.0. The maximum atomic E-state index is 13.6. The van der Waals surface area contributed by atoms with E-state index in [9.17, 15) is 9.18 Å². The number of hydrogen-bond donors (Lipinski definition) is 1. The highest BCUT2D eigenvalue weighted by Crippen LogP contribution is 2.37. The molecule has 2 aromatic rings. The summed E-state index contributed by atoms with van der Waals surface area (Å²) >= 11 is 1.63. The van der Waals surface area contributed by atoms with E-state index in [1.165, 1.54) is 24.9 Å². The summed E-state index contributed by atoms with van der Waals surface area (Å²) in [5.74, 6) is 1.69. The van der Waals surface area contributed by atoms with Crippen LogP contribution in [-0.4, -0.2) is 49.6 Å². The van der Waals surface area contributed by atoms with Crippen LogP contribution in [0.2, 0.25) is 0 Å². The molecule has 4 nitrogen and oxygen atoms in total. The van der Waals surface area contributed by atoms with Gasteiger partial charge in [-0.3, -0.25) is 4.79 Å². The lowest BCUT2D eigenvalue weighted by Gasteiger charge is -2.40. The van der Waals surface area contributed by atoms with Crippen LogP contribution in [0.25, 0.3) is 10.1 Å².